The van der Waals surface area contributed by atoms with Gasteiger partial charge in [0, 0.05) is 115 Å². The second-order valence-corrected chi connectivity index (χ2v) is 45.3. The molecule has 9 heterocycles. The standard InChI is InChI=1S/C48H31N2OP.C43H29N2OP.C38H27N2OP/c51-52-47-21-11-8-18-38(47)37-17-7-10-20-45(37)50(52)46-28-25-36(31-42(46)39-19-9-12-22-48(39)52)49-43-26-23-34(32-13-3-1-4-14-32)29-40(43)41-30-35(24-27-44(41)49)33-15-5-2-6-16-33;1-28-19-22-38-35(25-28)36-26-30(29-11-3-2-4-12-29)20-23-39(36)44(38)31-21-24-41-37(27-31)34-15-7-10-18-43(34)47(46)42-17-9-6-14-33(42)32-13-5-8-16-40(32)45(41)47;1-24-15-18-33-30(21-24)31-22-25(2)16-19-34(31)39(33)26-17-20-36-32(23-26)29-11-5-8-14-38(29)42(41)37-13-7-4-10-28(37)27-9-3-6-12-35(27)40(36)42/h1-31H;2-27H,1H3;3-23H,1-2H3. The van der Waals surface area contributed by atoms with Gasteiger partial charge in [0.25, 0.3) is 0 Å². The van der Waals surface area contributed by atoms with Gasteiger partial charge in [-0.05, 0) is 270 Å². The number of aromatic nitrogens is 3. The second kappa shape index (κ2) is 31.6. The molecule has 24 aromatic rings. The quantitative estimate of drug-likeness (QED) is 0.154. The van der Waals surface area contributed by atoms with Gasteiger partial charge in [-0.1, -0.05) is 308 Å². The Morgan fingerprint density at radius 3 is 0.610 bits per heavy atom. The molecule has 3 aromatic heterocycles. The normalized spacial score (nSPS) is 15.9. The van der Waals surface area contributed by atoms with E-state index in [-0.39, 0.29) is 0 Å². The third kappa shape index (κ3) is 12.2. The van der Waals surface area contributed by atoms with E-state index in [0.29, 0.717) is 0 Å². The molecule has 0 N–H and O–H groups in total. The number of hydrogen-bond donors (Lipinski definition) is 0. The van der Waals surface area contributed by atoms with E-state index >= 15 is 13.7 Å². The number of aryl methyl sites for hydroxylation is 3. The van der Waals surface area contributed by atoms with Crippen molar-refractivity contribution in [3.8, 4) is 117 Å². The Morgan fingerprint density at radius 2 is 0.355 bits per heavy atom. The molecule has 0 radical (unpaired) electrons. The molecule has 0 saturated carbocycles. The van der Waals surface area contributed by atoms with Crippen LogP contribution < -0.4 is 45.8 Å². The minimum absolute atomic E-state index is 0.879. The minimum Gasteiger partial charge on any atom is -0.309 e. The van der Waals surface area contributed by atoms with E-state index in [9.17, 15) is 0 Å². The van der Waals surface area contributed by atoms with E-state index in [0.717, 1.165) is 166 Å². The molecule has 0 amide bonds. The zero-order valence-electron chi connectivity index (χ0n) is 77.3. The summed E-state index contributed by atoms with van der Waals surface area (Å²) in [7, 11) is -9.69. The van der Waals surface area contributed by atoms with Gasteiger partial charge in [-0.25, -0.2) is 0 Å². The molecule has 0 bridgehead atoms. The van der Waals surface area contributed by atoms with Gasteiger partial charge in [-0.3, -0.25) is 27.7 Å². The highest BCUT2D eigenvalue weighted by molar-refractivity contribution is 7.82. The average molecular weight is 1860 g/mol. The fourth-order valence-corrected chi connectivity index (χ4v) is 33.5. The first-order valence-corrected chi connectivity index (χ1v) is 53.1. The molecule has 141 heavy (non-hydrogen) atoms. The SMILES string of the molecule is Cc1ccc2c(c1)c1cc(-c3ccccc3)ccc1n2-c1ccc2c(c1)-c1ccccc1P1(=O)c3ccccc3-c3ccccc3N21.Cc1ccc2c(c1)c1cc(C)ccc1n2-c1ccc2c(c1)-c1ccccc1P1(=O)c3ccccc3-c3ccccc3N21.O=P12c3ccccc3-c3ccccc3N1c1ccc(-n3c4ccc(-c5ccccc5)cc4c4cc(-c5ccccc5)ccc43)cc1-c1ccccc12. The lowest BCUT2D eigenvalue weighted by Crippen LogP contribution is -2.37. The lowest BCUT2D eigenvalue weighted by Gasteiger charge is -2.44. The van der Waals surface area contributed by atoms with Gasteiger partial charge in [0.2, 0.25) is 21.9 Å². The van der Waals surface area contributed by atoms with E-state index in [1.54, 1.807) is 0 Å². The molecular formula is C129H87N6O3P3. The molecular weight excluding hydrogens is 1770 g/mol. The monoisotopic (exact) mass is 1860 g/mol. The summed E-state index contributed by atoms with van der Waals surface area (Å²) in [6, 6.07) is 167. The Morgan fingerprint density at radius 1 is 0.156 bits per heavy atom. The number of benzene rings is 21. The van der Waals surface area contributed by atoms with E-state index in [4.69, 9.17) is 0 Å². The third-order valence-electron chi connectivity index (χ3n) is 29.8. The maximum Gasteiger partial charge on any atom is 0.235 e. The van der Waals surface area contributed by atoms with Crippen molar-refractivity contribution in [3.05, 3.63) is 490 Å². The molecule has 3 atom stereocenters. The molecule has 666 valence electrons. The van der Waals surface area contributed by atoms with Crippen molar-refractivity contribution in [2.75, 3.05) is 14.0 Å². The summed E-state index contributed by atoms with van der Waals surface area (Å²) in [5.41, 5.74) is 39.9. The van der Waals surface area contributed by atoms with Crippen LogP contribution in [0.5, 0.6) is 0 Å². The molecule has 3 unspecified atom stereocenters. The summed E-state index contributed by atoms with van der Waals surface area (Å²) >= 11 is 0. The largest absolute Gasteiger partial charge is 0.309 e. The molecule has 0 spiro atoms. The maximum atomic E-state index is 15.9. The smallest absolute Gasteiger partial charge is 0.235 e. The predicted molar refractivity (Wildman–Crippen MR) is 592 cm³/mol. The summed E-state index contributed by atoms with van der Waals surface area (Å²) < 4.78 is 60.8. The van der Waals surface area contributed by atoms with Gasteiger partial charge in [-0.2, -0.15) is 0 Å². The molecule has 9 nitrogen and oxygen atoms in total. The summed E-state index contributed by atoms with van der Waals surface area (Å²) in [6.45, 7) is 6.47. The zero-order chi connectivity index (χ0) is 93.8. The first-order chi connectivity index (χ1) is 69.3. The van der Waals surface area contributed by atoms with Crippen LogP contribution >= 0.6 is 21.9 Å². The lowest BCUT2D eigenvalue weighted by atomic mass is 9.99. The second-order valence-electron chi connectivity index (χ2n) is 37.8. The first kappa shape index (κ1) is 82.4. The summed E-state index contributed by atoms with van der Waals surface area (Å²) in [5, 5.41) is 12.8. The average Bonchev–Trinajstić information content (AvgIpc) is 1.00. The third-order valence-corrected chi connectivity index (χ3v) is 39.1. The van der Waals surface area contributed by atoms with E-state index in [1.807, 2.05) is 60.7 Å². The zero-order valence-corrected chi connectivity index (χ0v) is 80.0. The van der Waals surface area contributed by atoms with Crippen LogP contribution in [0, 0.1) is 20.8 Å². The molecule has 21 aromatic carbocycles. The number of para-hydroxylation sites is 3. The van der Waals surface area contributed by atoms with Crippen LogP contribution in [0.3, 0.4) is 0 Å². The van der Waals surface area contributed by atoms with Gasteiger partial charge >= 0.3 is 0 Å². The lowest BCUT2D eigenvalue weighted by molar-refractivity contribution is 0.586. The van der Waals surface area contributed by atoms with Crippen molar-refractivity contribution in [1.29, 1.82) is 0 Å². The van der Waals surface area contributed by atoms with Gasteiger partial charge < -0.3 is 13.7 Å². The van der Waals surface area contributed by atoms with Gasteiger partial charge in [-0.15, -0.1) is 0 Å². The van der Waals surface area contributed by atoms with Crippen molar-refractivity contribution in [2.24, 2.45) is 0 Å². The summed E-state index contributed by atoms with van der Waals surface area (Å²) in [5.74, 6) is 0. The number of hydrogen-bond acceptors (Lipinski definition) is 3. The predicted octanol–water partition coefficient (Wildman–Crippen LogP) is 32.4. The minimum atomic E-state index is -3.26. The molecule has 0 aliphatic carbocycles. The van der Waals surface area contributed by atoms with Crippen LogP contribution in [0.4, 0.5) is 34.1 Å². The van der Waals surface area contributed by atoms with Gasteiger partial charge in [0.05, 0.1) is 67.2 Å². The highest BCUT2D eigenvalue weighted by Gasteiger charge is 2.51. The van der Waals surface area contributed by atoms with E-state index in [1.165, 1.54) is 98.9 Å². The van der Waals surface area contributed by atoms with Crippen LogP contribution in [0.2, 0.25) is 0 Å². The summed E-state index contributed by atoms with van der Waals surface area (Å²) in [6.07, 6.45) is 0. The number of anilines is 6. The Labute approximate surface area is 816 Å². The van der Waals surface area contributed by atoms with Crippen LogP contribution in [0.15, 0.2) is 473 Å². The van der Waals surface area contributed by atoms with E-state index in [2.05, 4.69) is 461 Å². The van der Waals surface area contributed by atoms with E-state index < -0.39 is 21.9 Å². The number of nitrogens with zero attached hydrogens (tertiary/aromatic N) is 6. The van der Waals surface area contributed by atoms with Crippen molar-refractivity contribution >= 4 is 153 Å². The van der Waals surface area contributed by atoms with Crippen molar-refractivity contribution < 1.29 is 13.7 Å². The Kier molecular flexibility index (Phi) is 18.4. The Bertz CT molecular complexity index is 9490. The highest BCUT2D eigenvalue weighted by Crippen LogP contribution is 2.70. The Balaban J connectivity index is 0.000000104. The number of fused-ring (bicyclic) bond motifs is 42. The number of rotatable bonds is 6. The maximum absolute atomic E-state index is 15.9. The fraction of sp³-hybridized carbons (Fsp3) is 0.0233. The van der Waals surface area contributed by atoms with Crippen LogP contribution in [-0.2, 0) is 13.7 Å². The molecule has 30 rings (SSSR count). The van der Waals surface area contributed by atoms with Crippen molar-refractivity contribution in [1.82, 2.24) is 13.7 Å². The summed E-state index contributed by atoms with van der Waals surface area (Å²) in [4.78, 5) is 0. The van der Waals surface area contributed by atoms with Gasteiger partial charge in [0.1, 0.15) is 0 Å². The van der Waals surface area contributed by atoms with Gasteiger partial charge in [0.15, 0.2) is 0 Å². The Hall–Kier alpha value is -16.9. The highest BCUT2D eigenvalue weighted by atomic mass is 31.2. The van der Waals surface area contributed by atoms with Crippen LogP contribution in [0.25, 0.3) is 183 Å². The van der Waals surface area contributed by atoms with Crippen LogP contribution in [0.1, 0.15) is 16.7 Å². The molecule has 6 aliphatic heterocycles. The van der Waals surface area contributed by atoms with Crippen LogP contribution in [-0.4, -0.2) is 13.7 Å². The van der Waals surface area contributed by atoms with Crippen molar-refractivity contribution in [3.63, 3.8) is 0 Å². The molecule has 6 aliphatic rings. The molecule has 0 saturated heterocycles. The fourth-order valence-electron chi connectivity index (χ4n) is 23.7. The first-order valence-electron chi connectivity index (χ1n) is 48.2. The molecule has 0 fully saturated rings. The molecule has 12 heteroatoms. The topological polar surface area (TPSA) is 75.7 Å². The van der Waals surface area contributed by atoms with Crippen molar-refractivity contribution in [2.45, 2.75) is 20.8 Å².